The minimum atomic E-state index is 0.318. The molecule has 0 saturated heterocycles. The summed E-state index contributed by atoms with van der Waals surface area (Å²) < 4.78 is 0. The summed E-state index contributed by atoms with van der Waals surface area (Å²) in [6.07, 6.45) is 8.47. The third kappa shape index (κ3) is 3.52. The average Bonchev–Trinajstić information content (AvgIpc) is 2.76. The van der Waals surface area contributed by atoms with E-state index in [9.17, 15) is 0 Å². The van der Waals surface area contributed by atoms with E-state index in [4.69, 9.17) is 0 Å². The van der Waals surface area contributed by atoms with Crippen LogP contribution in [0, 0.1) is 0 Å². The third-order valence-electron chi connectivity index (χ3n) is 5.06. The summed E-state index contributed by atoms with van der Waals surface area (Å²) in [7, 11) is 0. The van der Waals surface area contributed by atoms with Gasteiger partial charge >= 0.3 is 0 Å². The number of rotatable bonds is 5. The quantitative estimate of drug-likeness (QED) is 0.419. The predicted octanol–water partition coefficient (Wildman–Crippen LogP) is 6.35. The fourth-order valence-electron chi connectivity index (χ4n) is 3.80. The molecule has 2 heterocycles. The summed E-state index contributed by atoms with van der Waals surface area (Å²) in [5.74, 6) is 0.318. The lowest BCUT2D eigenvalue weighted by molar-refractivity contribution is 0.780. The molecule has 2 nitrogen and oxygen atoms in total. The monoisotopic (exact) mass is 350 g/mol. The van der Waals surface area contributed by atoms with Gasteiger partial charge in [-0.2, -0.15) is 0 Å². The molecule has 0 aliphatic carbocycles. The lowest BCUT2D eigenvalue weighted by Gasteiger charge is -2.23. The molecule has 2 aromatic heterocycles. The number of hydrogen-bond donors (Lipinski definition) is 0. The van der Waals surface area contributed by atoms with Crippen molar-refractivity contribution in [2.45, 2.75) is 19.3 Å². The van der Waals surface area contributed by atoms with Crippen molar-refractivity contribution in [2.24, 2.45) is 0 Å². The van der Waals surface area contributed by atoms with E-state index in [0.717, 1.165) is 6.42 Å². The molecule has 0 N–H and O–H groups in total. The van der Waals surface area contributed by atoms with E-state index in [1.807, 2.05) is 24.8 Å². The maximum atomic E-state index is 4.17. The first-order valence-electron chi connectivity index (χ1n) is 9.37. The van der Waals surface area contributed by atoms with E-state index in [1.165, 1.54) is 33.4 Å². The molecule has 0 amide bonds. The molecule has 2 aromatic carbocycles. The normalized spacial score (nSPS) is 10.9. The zero-order valence-electron chi connectivity index (χ0n) is 15.4. The molecule has 0 fully saturated rings. The summed E-state index contributed by atoms with van der Waals surface area (Å²) in [5, 5.41) is 0. The molecule has 0 unspecified atom stereocenters. The van der Waals surface area contributed by atoms with Crippen LogP contribution in [0.25, 0.3) is 22.3 Å². The van der Waals surface area contributed by atoms with Gasteiger partial charge in [0.2, 0.25) is 0 Å². The van der Waals surface area contributed by atoms with Crippen molar-refractivity contribution < 1.29 is 0 Å². The minimum absolute atomic E-state index is 0.318. The second-order valence-electron chi connectivity index (χ2n) is 6.61. The Balaban J connectivity index is 1.86. The first kappa shape index (κ1) is 17.2. The average molecular weight is 350 g/mol. The van der Waals surface area contributed by atoms with Gasteiger partial charge in [-0.1, -0.05) is 55.5 Å². The standard InChI is InChI=1S/C25H22N2/c1-2-21(24-9-5-3-7-22(24)19-11-15-26-16-12-19)25-10-6-4-8-23(25)20-13-17-27-18-14-20/h3-18,21H,2H2,1H3. The topological polar surface area (TPSA) is 25.8 Å². The maximum absolute atomic E-state index is 4.17. The Labute approximate surface area is 160 Å². The lowest BCUT2D eigenvalue weighted by Crippen LogP contribution is -2.04. The van der Waals surface area contributed by atoms with Crippen LogP contribution < -0.4 is 0 Å². The van der Waals surface area contributed by atoms with Gasteiger partial charge in [-0.15, -0.1) is 0 Å². The molecule has 0 saturated carbocycles. The van der Waals surface area contributed by atoms with Crippen molar-refractivity contribution in [3.05, 3.63) is 109 Å². The van der Waals surface area contributed by atoms with Crippen LogP contribution in [0.1, 0.15) is 30.4 Å². The number of pyridine rings is 2. The Hall–Kier alpha value is -3.26. The summed E-state index contributed by atoms with van der Waals surface area (Å²) in [6.45, 7) is 2.26. The molecule has 2 heteroatoms. The maximum Gasteiger partial charge on any atom is 0.0273 e. The molecule has 4 aromatic rings. The summed E-state index contributed by atoms with van der Waals surface area (Å²) in [6, 6.07) is 25.8. The molecule has 0 bridgehead atoms. The fraction of sp³-hybridized carbons (Fsp3) is 0.120. The van der Waals surface area contributed by atoms with E-state index in [-0.39, 0.29) is 0 Å². The Morgan fingerprint density at radius 3 is 1.41 bits per heavy atom. The second-order valence-corrected chi connectivity index (χ2v) is 6.61. The van der Waals surface area contributed by atoms with E-state index in [2.05, 4.69) is 89.7 Å². The molecule has 0 spiro atoms. The highest BCUT2D eigenvalue weighted by Gasteiger charge is 2.19. The number of benzene rings is 2. The van der Waals surface area contributed by atoms with Crippen molar-refractivity contribution >= 4 is 0 Å². The van der Waals surface area contributed by atoms with E-state index < -0.39 is 0 Å². The second kappa shape index (κ2) is 7.96. The zero-order chi connectivity index (χ0) is 18.5. The Kier molecular flexibility index (Phi) is 5.06. The molecule has 132 valence electrons. The molecule has 0 aliphatic heterocycles. The third-order valence-corrected chi connectivity index (χ3v) is 5.06. The summed E-state index contributed by atoms with van der Waals surface area (Å²) >= 11 is 0. The van der Waals surface area contributed by atoms with Crippen LogP contribution in [-0.2, 0) is 0 Å². The smallest absolute Gasteiger partial charge is 0.0273 e. The van der Waals surface area contributed by atoms with Gasteiger partial charge in [-0.25, -0.2) is 0 Å². The van der Waals surface area contributed by atoms with Crippen LogP contribution >= 0.6 is 0 Å². The van der Waals surface area contributed by atoms with Crippen LogP contribution in [0.2, 0.25) is 0 Å². The van der Waals surface area contributed by atoms with Crippen molar-refractivity contribution in [2.75, 3.05) is 0 Å². The van der Waals surface area contributed by atoms with Gasteiger partial charge in [0, 0.05) is 30.7 Å². The van der Waals surface area contributed by atoms with Gasteiger partial charge in [-0.3, -0.25) is 9.97 Å². The highest BCUT2D eigenvalue weighted by molar-refractivity contribution is 5.72. The van der Waals surface area contributed by atoms with E-state index in [0.29, 0.717) is 5.92 Å². The van der Waals surface area contributed by atoms with Crippen LogP contribution in [0.5, 0.6) is 0 Å². The Morgan fingerprint density at radius 2 is 1.00 bits per heavy atom. The van der Waals surface area contributed by atoms with Crippen LogP contribution in [-0.4, -0.2) is 9.97 Å². The van der Waals surface area contributed by atoms with E-state index >= 15 is 0 Å². The molecular formula is C25H22N2. The van der Waals surface area contributed by atoms with Gasteiger partial charge in [0.05, 0.1) is 0 Å². The first-order valence-corrected chi connectivity index (χ1v) is 9.37. The summed E-state index contributed by atoms with van der Waals surface area (Å²) in [4.78, 5) is 8.34. The van der Waals surface area contributed by atoms with Crippen LogP contribution in [0.3, 0.4) is 0 Å². The zero-order valence-corrected chi connectivity index (χ0v) is 15.4. The minimum Gasteiger partial charge on any atom is -0.265 e. The van der Waals surface area contributed by atoms with Gasteiger partial charge in [0.25, 0.3) is 0 Å². The van der Waals surface area contributed by atoms with Crippen molar-refractivity contribution in [1.29, 1.82) is 0 Å². The molecule has 4 rings (SSSR count). The fourth-order valence-corrected chi connectivity index (χ4v) is 3.80. The van der Waals surface area contributed by atoms with Crippen molar-refractivity contribution in [3.63, 3.8) is 0 Å². The summed E-state index contributed by atoms with van der Waals surface area (Å²) in [5.41, 5.74) is 7.67. The molecule has 0 radical (unpaired) electrons. The molecular weight excluding hydrogens is 328 g/mol. The number of hydrogen-bond acceptors (Lipinski definition) is 2. The van der Waals surface area contributed by atoms with Gasteiger partial charge in [-0.05, 0) is 64.1 Å². The van der Waals surface area contributed by atoms with Gasteiger partial charge in [0.15, 0.2) is 0 Å². The number of aromatic nitrogens is 2. The first-order chi connectivity index (χ1) is 13.4. The Bertz CT molecular complexity index is 927. The molecule has 27 heavy (non-hydrogen) atoms. The van der Waals surface area contributed by atoms with Gasteiger partial charge < -0.3 is 0 Å². The number of nitrogens with zero attached hydrogens (tertiary/aromatic N) is 2. The van der Waals surface area contributed by atoms with E-state index in [1.54, 1.807) is 0 Å². The SMILES string of the molecule is CCC(c1ccccc1-c1ccncc1)c1ccccc1-c1ccncc1. The van der Waals surface area contributed by atoms with Crippen molar-refractivity contribution in [3.8, 4) is 22.3 Å². The van der Waals surface area contributed by atoms with Crippen molar-refractivity contribution in [1.82, 2.24) is 9.97 Å². The lowest BCUT2D eigenvalue weighted by atomic mass is 9.81. The Morgan fingerprint density at radius 1 is 0.593 bits per heavy atom. The highest BCUT2D eigenvalue weighted by Crippen LogP contribution is 2.39. The van der Waals surface area contributed by atoms with Gasteiger partial charge in [0.1, 0.15) is 0 Å². The van der Waals surface area contributed by atoms with Crippen LogP contribution in [0.15, 0.2) is 97.6 Å². The largest absolute Gasteiger partial charge is 0.265 e. The van der Waals surface area contributed by atoms with Crippen LogP contribution in [0.4, 0.5) is 0 Å². The molecule has 0 aliphatic rings. The predicted molar refractivity (Wildman–Crippen MR) is 111 cm³/mol. The molecule has 0 atom stereocenters. The highest BCUT2D eigenvalue weighted by atomic mass is 14.6.